The molecule has 0 aliphatic heterocycles. The molecule has 3 amide bonds. The summed E-state index contributed by atoms with van der Waals surface area (Å²) in [6.07, 6.45) is 2.20. The second-order valence-electron chi connectivity index (χ2n) is 8.57. The first-order valence-electron chi connectivity index (χ1n) is 11.7. The van der Waals surface area contributed by atoms with E-state index < -0.39 is 6.09 Å². The zero-order valence-electron chi connectivity index (χ0n) is 20.8. The maximum absolute atomic E-state index is 12.4. The Morgan fingerprint density at radius 1 is 0.816 bits per heavy atom. The number of carbonyl (C=O) groups excluding carboxylic acids is 2. The van der Waals surface area contributed by atoms with E-state index in [4.69, 9.17) is 5.11 Å². The maximum Gasteiger partial charge on any atom is 0.409 e. The van der Waals surface area contributed by atoms with Crippen LogP contribution in [-0.4, -0.2) is 52.0 Å². The lowest BCUT2D eigenvalue weighted by atomic mass is 10.1. The third kappa shape index (κ3) is 6.70. The molecule has 2 aromatic heterocycles. The van der Waals surface area contributed by atoms with Crippen LogP contribution < -0.4 is 16.0 Å². The standard InChI is InChI=1S/C28H26N6O4/c1-34(2)27(36)19-8-6-18(7-9-19)21-10-13-25(30-15-21)32-24-12-11-23(29-17-24)16-31-26(35)20-4-3-5-22(14-20)33-28(37)38/h3-15,17,33H,16H2,1-2H3,(H,30,32)(H,31,35)(H,37,38). The summed E-state index contributed by atoms with van der Waals surface area (Å²) in [5.74, 6) is 0.258. The van der Waals surface area contributed by atoms with Crippen molar-refractivity contribution in [3.05, 3.63) is 102 Å². The number of carbonyl (C=O) groups is 3. The van der Waals surface area contributed by atoms with Gasteiger partial charge in [-0.3, -0.25) is 19.9 Å². The van der Waals surface area contributed by atoms with E-state index in [0.717, 1.165) is 16.8 Å². The summed E-state index contributed by atoms with van der Waals surface area (Å²) in [6, 6.07) is 21.0. The normalized spacial score (nSPS) is 10.4. The Morgan fingerprint density at radius 2 is 1.58 bits per heavy atom. The molecular formula is C28H26N6O4. The van der Waals surface area contributed by atoms with Crippen LogP contribution in [0, 0.1) is 0 Å². The van der Waals surface area contributed by atoms with Gasteiger partial charge in [0.25, 0.3) is 11.8 Å². The van der Waals surface area contributed by atoms with Gasteiger partial charge in [-0.2, -0.15) is 0 Å². The van der Waals surface area contributed by atoms with Crippen molar-refractivity contribution in [1.29, 1.82) is 0 Å². The van der Waals surface area contributed by atoms with Crippen molar-refractivity contribution in [3.8, 4) is 11.1 Å². The first-order chi connectivity index (χ1) is 18.3. The van der Waals surface area contributed by atoms with Crippen molar-refractivity contribution in [1.82, 2.24) is 20.2 Å². The van der Waals surface area contributed by atoms with E-state index in [0.29, 0.717) is 28.3 Å². The highest BCUT2D eigenvalue weighted by Crippen LogP contribution is 2.22. The molecule has 0 spiro atoms. The topological polar surface area (TPSA) is 137 Å². The van der Waals surface area contributed by atoms with Crippen LogP contribution >= 0.6 is 0 Å². The fraction of sp³-hybridized carbons (Fsp3) is 0.107. The quantitative estimate of drug-likeness (QED) is 0.272. The summed E-state index contributed by atoms with van der Waals surface area (Å²) < 4.78 is 0. The molecule has 0 saturated heterocycles. The zero-order chi connectivity index (χ0) is 27.1. The van der Waals surface area contributed by atoms with Gasteiger partial charge in [-0.25, -0.2) is 9.78 Å². The lowest BCUT2D eigenvalue weighted by molar-refractivity contribution is 0.0827. The predicted octanol–water partition coefficient (Wildman–Crippen LogP) is 4.61. The van der Waals surface area contributed by atoms with Gasteiger partial charge < -0.3 is 20.6 Å². The summed E-state index contributed by atoms with van der Waals surface area (Å²) in [7, 11) is 3.44. The highest BCUT2D eigenvalue weighted by Gasteiger charge is 2.09. The van der Waals surface area contributed by atoms with Crippen molar-refractivity contribution in [2.24, 2.45) is 0 Å². The predicted molar refractivity (Wildman–Crippen MR) is 144 cm³/mol. The third-order valence-electron chi connectivity index (χ3n) is 5.54. The number of hydrogen-bond donors (Lipinski definition) is 4. The molecule has 0 bridgehead atoms. The van der Waals surface area contributed by atoms with Gasteiger partial charge in [0.2, 0.25) is 0 Å². The van der Waals surface area contributed by atoms with Gasteiger partial charge in [0.05, 0.1) is 24.1 Å². The molecule has 10 nitrogen and oxygen atoms in total. The Bertz CT molecular complexity index is 1440. The summed E-state index contributed by atoms with van der Waals surface area (Å²) >= 11 is 0. The van der Waals surface area contributed by atoms with Crippen LogP contribution in [0.3, 0.4) is 0 Å². The van der Waals surface area contributed by atoms with Crippen molar-refractivity contribution in [3.63, 3.8) is 0 Å². The lowest BCUT2D eigenvalue weighted by Gasteiger charge is -2.11. The van der Waals surface area contributed by atoms with Gasteiger partial charge in [0.1, 0.15) is 5.82 Å². The van der Waals surface area contributed by atoms with Crippen molar-refractivity contribution < 1.29 is 19.5 Å². The average Bonchev–Trinajstić information content (AvgIpc) is 2.92. The molecule has 0 aliphatic rings. The van der Waals surface area contributed by atoms with Crippen LogP contribution in [0.5, 0.6) is 0 Å². The molecule has 0 radical (unpaired) electrons. The SMILES string of the molecule is CN(C)C(=O)c1ccc(-c2ccc(Nc3ccc(CNC(=O)c4cccc(NC(=O)O)c4)nc3)nc2)cc1. The first-order valence-corrected chi connectivity index (χ1v) is 11.7. The lowest BCUT2D eigenvalue weighted by Crippen LogP contribution is -2.23. The van der Waals surface area contributed by atoms with Gasteiger partial charge in [0.15, 0.2) is 0 Å². The minimum atomic E-state index is -1.20. The molecule has 2 heterocycles. The van der Waals surface area contributed by atoms with E-state index in [9.17, 15) is 14.4 Å². The number of anilines is 3. The van der Waals surface area contributed by atoms with Crippen LogP contribution in [0.4, 0.5) is 22.0 Å². The third-order valence-corrected chi connectivity index (χ3v) is 5.54. The van der Waals surface area contributed by atoms with E-state index in [1.165, 1.54) is 11.0 Å². The minimum absolute atomic E-state index is 0.0449. The highest BCUT2D eigenvalue weighted by atomic mass is 16.4. The fourth-order valence-corrected chi connectivity index (χ4v) is 3.59. The molecular weight excluding hydrogens is 484 g/mol. The number of rotatable bonds is 8. The Hall–Kier alpha value is -5.25. The molecule has 4 rings (SSSR count). The number of aromatic nitrogens is 2. The molecule has 4 aromatic rings. The molecule has 0 unspecified atom stereocenters. The summed E-state index contributed by atoms with van der Waals surface area (Å²) in [5, 5.41) is 17.0. The molecule has 192 valence electrons. The first kappa shape index (κ1) is 25.8. The largest absolute Gasteiger partial charge is 0.465 e. The van der Waals surface area contributed by atoms with Crippen molar-refractivity contribution in [2.45, 2.75) is 6.54 Å². The van der Waals surface area contributed by atoms with Gasteiger partial charge in [-0.15, -0.1) is 0 Å². The fourth-order valence-electron chi connectivity index (χ4n) is 3.59. The summed E-state index contributed by atoms with van der Waals surface area (Å²) in [5.41, 5.74) is 4.55. The van der Waals surface area contributed by atoms with E-state index in [-0.39, 0.29) is 18.4 Å². The molecule has 10 heteroatoms. The molecule has 0 saturated carbocycles. The van der Waals surface area contributed by atoms with Crippen LogP contribution in [0.25, 0.3) is 11.1 Å². The Labute approximate surface area is 219 Å². The van der Waals surface area contributed by atoms with Gasteiger partial charge in [0, 0.05) is 42.7 Å². The molecule has 38 heavy (non-hydrogen) atoms. The molecule has 0 atom stereocenters. The number of nitrogens with one attached hydrogen (secondary N) is 3. The number of benzene rings is 2. The number of pyridine rings is 2. The monoisotopic (exact) mass is 510 g/mol. The van der Waals surface area contributed by atoms with Crippen LogP contribution in [-0.2, 0) is 6.54 Å². The Kier molecular flexibility index (Phi) is 7.92. The number of carboxylic acid groups (broad SMARTS) is 1. The van der Waals surface area contributed by atoms with Gasteiger partial charge in [-0.1, -0.05) is 18.2 Å². The van der Waals surface area contributed by atoms with Crippen LogP contribution in [0.2, 0.25) is 0 Å². The van der Waals surface area contributed by atoms with E-state index >= 15 is 0 Å². The summed E-state index contributed by atoms with van der Waals surface area (Å²) in [6.45, 7) is 0.210. The molecule has 0 fully saturated rings. The van der Waals surface area contributed by atoms with Crippen molar-refractivity contribution in [2.75, 3.05) is 24.7 Å². The summed E-state index contributed by atoms with van der Waals surface area (Å²) in [4.78, 5) is 45.6. The highest BCUT2D eigenvalue weighted by molar-refractivity contribution is 5.96. The number of amides is 3. The van der Waals surface area contributed by atoms with Gasteiger partial charge in [-0.05, 0) is 60.2 Å². The van der Waals surface area contributed by atoms with Gasteiger partial charge >= 0.3 is 6.09 Å². The molecule has 2 aromatic carbocycles. The van der Waals surface area contributed by atoms with E-state index in [1.807, 2.05) is 30.3 Å². The van der Waals surface area contributed by atoms with Crippen molar-refractivity contribution >= 4 is 35.1 Å². The number of nitrogens with zero attached hydrogens (tertiary/aromatic N) is 3. The average molecular weight is 511 g/mol. The minimum Gasteiger partial charge on any atom is -0.465 e. The second-order valence-corrected chi connectivity index (χ2v) is 8.57. The van der Waals surface area contributed by atoms with Crippen LogP contribution in [0.1, 0.15) is 26.4 Å². The van der Waals surface area contributed by atoms with E-state index in [2.05, 4.69) is 25.9 Å². The smallest absolute Gasteiger partial charge is 0.409 e. The Balaban J connectivity index is 1.31. The molecule has 0 aliphatic carbocycles. The Morgan fingerprint density at radius 3 is 2.21 bits per heavy atom. The van der Waals surface area contributed by atoms with E-state index in [1.54, 1.807) is 62.9 Å². The van der Waals surface area contributed by atoms with Crippen LogP contribution in [0.15, 0.2) is 85.2 Å². The molecule has 4 N–H and O–H groups in total. The zero-order valence-corrected chi connectivity index (χ0v) is 20.8. The number of hydrogen-bond acceptors (Lipinski definition) is 6. The second kappa shape index (κ2) is 11.7. The maximum atomic E-state index is 12.4.